The van der Waals surface area contributed by atoms with Gasteiger partial charge in [0.25, 0.3) is 0 Å². The Hall–Kier alpha value is -3.03. The number of hydrogen-bond donors (Lipinski definition) is 1. The van der Waals surface area contributed by atoms with Crippen LogP contribution in [0.25, 0.3) is 0 Å². The summed E-state index contributed by atoms with van der Waals surface area (Å²) in [6, 6.07) is 4.89. The van der Waals surface area contributed by atoms with Gasteiger partial charge in [0, 0.05) is 23.7 Å². The van der Waals surface area contributed by atoms with E-state index in [0.717, 1.165) is 4.90 Å². The smallest absolute Gasteiger partial charge is 0.326 e. The van der Waals surface area contributed by atoms with Crippen molar-refractivity contribution in [3.05, 3.63) is 29.8 Å². The number of nitrogens with one attached hydrogen (secondary N) is 1. The summed E-state index contributed by atoms with van der Waals surface area (Å²) in [6.07, 6.45) is 0.389. The lowest BCUT2D eigenvalue weighted by molar-refractivity contribution is -0.143. The lowest BCUT2D eigenvalue weighted by Gasteiger charge is -2.18. The summed E-state index contributed by atoms with van der Waals surface area (Å²) in [6.45, 7) is 6.59. The van der Waals surface area contributed by atoms with Crippen molar-refractivity contribution in [3.63, 3.8) is 0 Å². The molecular formula is C19H23N3O5. The van der Waals surface area contributed by atoms with E-state index >= 15 is 0 Å². The topological polar surface area (TPSA) is 104 Å². The number of rotatable bonds is 7. The molecule has 0 aromatic heterocycles. The summed E-state index contributed by atoms with van der Waals surface area (Å²) < 4.78 is 0. The molecule has 1 heterocycles. The van der Waals surface area contributed by atoms with Crippen molar-refractivity contribution in [1.82, 2.24) is 9.80 Å². The van der Waals surface area contributed by atoms with Gasteiger partial charge in [-0.2, -0.15) is 0 Å². The zero-order valence-corrected chi connectivity index (χ0v) is 15.8. The molecule has 8 heteroatoms. The molecule has 8 nitrogen and oxygen atoms in total. The molecule has 0 saturated carbocycles. The fraction of sp³-hybridized carbons (Fsp3) is 0.421. The first-order chi connectivity index (χ1) is 12.6. The van der Waals surface area contributed by atoms with E-state index < -0.39 is 36.2 Å². The molecule has 0 bridgehead atoms. The Labute approximate surface area is 157 Å². The molecule has 1 aromatic carbocycles. The van der Waals surface area contributed by atoms with Gasteiger partial charge >= 0.3 is 17.8 Å². The van der Waals surface area contributed by atoms with Crippen molar-refractivity contribution in [3.8, 4) is 0 Å². The van der Waals surface area contributed by atoms with E-state index in [0.29, 0.717) is 17.0 Å². The van der Waals surface area contributed by atoms with Crippen molar-refractivity contribution in [2.75, 3.05) is 11.9 Å². The maximum absolute atomic E-state index is 12.4. The number of imide groups is 2. The maximum atomic E-state index is 12.4. The summed E-state index contributed by atoms with van der Waals surface area (Å²) in [5.74, 6) is -2.29. The van der Waals surface area contributed by atoms with Crippen molar-refractivity contribution < 1.29 is 24.0 Å². The van der Waals surface area contributed by atoms with Crippen LogP contribution in [0.1, 0.15) is 44.5 Å². The molecule has 1 N–H and O–H groups in total. The SMILES string of the molecule is CC(C)CC(=O)Nc1ccc(C(=O)CN2C(=O)C(=O)N(C(C)C)C2=O)cc1. The molecule has 0 spiro atoms. The van der Waals surface area contributed by atoms with Gasteiger partial charge in [-0.1, -0.05) is 13.8 Å². The molecule has 0 atom stereocenters. The van der Waals surface area contributed by atoms with E-state index in [-0.39, 0.29) is 17.4 Å². The molecule has 1 aliphatic heterocycles. The van der Waals surface area contributed by atoms with Gasteiger partial charge < -0.3 is 5.32 Å². The average molecular weight is 373 g/mol. The third-order valence-electron chi connectivity index (χ3n) is 3.99. The zero-order valence-electron chi connectivity index (χ0n) is 15.8. The van der Waals surface area contributed by atoms with Crippen LogP contribution >= 0.6 is 0 Å². The van der Waals surface area contributed by atoms with E-state index in [4.69, 9.17) is 0 Å². The number of carbonyl (C=O) groups excluding carboxylic acids is 5. The molecule has 1 fully saturated rings. The highest BCUT2D eigenvalue weighted by Crippen LogP contribution is 2.17. The van der Waals surface area contributed by atoms with E-state index in [2.05, 4.69) is 5.32 Å². The lowest BCUT2D eigenvalue weighted by atomic mass is 10.1. The number of carbonyl (C=O) groups is 5. The Morgan fingerprint density at radius 1 is 0.963 bits per heavy atom. The fourth-order valence-electron chi connectivity index (χ4n) is 2.67. The molecule has 5 amide bonds. The van der Waals surface area contributed by atoms with Crippen LogP contribution in [0.5, 0.6) is 0 Å². The first-order valence-electron chi connectivity index (χ1n) is 8.74. The Bertz CT molecular complexity index is 783. The van der Waals surface area contributed by atoms with Crippen LogP contribution in [0.4, 0.5) is 10.5 Å². The standard InChI is InChI=1S/C19H23N3O5/c1-11(2)9-16(24)20-14-7-5-13(6-8-14)15(23)10-21-17(25)18(26)22(12(3)4)19(21)27/h5-8,11-12H,9-10H2,1-4H3,(H,20,24). The van der Waals surface area contributed by atoms with E-state index in [1.54, 1.807) is 26.0 Å². The van der Waals surface area contributed by atoms with Crippen LogP contribution in [0.2, 0.25) is 0 Å². The van der Waals surface area contributed by atoms with Gasteiger partial charge in [-0.05, 0) is 44.0 Å². The molecule has 144 valence electrons. The highest BCUT2D eigenvalue weighted by molar-refractivity contribution is 6.45. The minimum atomic E-state index is -1.00. The van der Waals surface area contributed by atoms with Gasteiger partial charge in [-0.25, -0.2) is 9.69 Å². The molecule has 0 aliphatic carbocycles. The lowest BCUT2D eigenvalue weighted by Crippen LogP contribution is -2.39. The molecule has 27 heavy (non-hydrogen) atoms. The van der Waals surface area contributed by atoms with Crippen LogP contribution in [-0.4, -0.2) is 51.9 Å². The molecule has 2 rings (SSSR count). The van der Waals surface area contributed by atoms with Crippen molar-refractivity contribution in [1.29, 1.82) is 0 Å². The Morgan fingerprint density at radius 3 is 2.04 bits per heavy atom. The van der Waals surface area contributed by atoms with Crippen molar-refractivity contribution in [2.45, 2.75) is 40.2 Å². The van der Waals surface area contributed by atoms with Crippen molar-refractivity contribution >= 4 is 35.2 Å². The van der Waals surface area contributed by atoms with Gasteiger partial charge in [0.05, 0.1) is 6.54 Å². The third kappa shape index (κ3) is 4.58. The monoisotopic (exact) mass is 373 g/mol. The van der Waals surface area contributed by atoms with E-state index in [1.165, 1.54) is 12.1 Å². The number of anilines is 1. The summed E-state index contributed by atoms with van der Waals surface area (Å²) in [5.41, 5.74) is 0.819. The predicted octanol–water partition coefficient (Wildman–Crippen LogP) is 2.05. The number of benzene rings is 1. The number of nitrogens with zero attached hydrogens (tertiary/aromatic N) is 2. The second kappa shape index (κ2) is 8.11. The summed E-state index contributed by atoms with van der Waals surface area (Å²) in [5, 5.41) is 2.73. The van der Waals surface area contributed by atoms with Gasteiger partial charge in [0.15, 0.2) is 5.78 Å². The minimum Gasteiger partial charge on any atom is -0.326 e. The maximum Gasteiger partial charge on any atom is 0.334 e. The van der Waals surface area contributed by atoms with Crippen LogP contribution in [0.3, 0.4) is 0 Å². The number of ketones is 1. The highest BCUT2D eigenvalue weighted by atomic mass is 16.2. The largest absolute Gasteiger partial charge is 0.334 e. The number of amides is 5. The van der Waals surface area contributed by atoms with Crippen LogP contribution in [0.15, 0.2) is 24.3 Å². The molecule has 1 aromatic rings. The normalized spacial score (nSPS) is 14.5. The molecule has 1 aliphatic rings. The van der Waals surface area contributed by atoms with Crippen LogP contribution in [0, 0.1) is 5.92 Å². The van der Waals surface area contributed by atoms with Gasteiger partial charge in [0.2, 0.25) is 5.91 Å². The zero-order chi connectivity index (χ0) is 20.3. The summed E-state index contributed by atoms with van der Waals surface area (Å²) in [7, 11) is 0. The molecule has 0 unspecified atom stereocenters. The highest BCUT2D eigenvalue weighted by Gasteiger charge is 2.46. The van der Waals surface area contributed by atoms with Gasteiger partial charge in [-0.15, -0.1) is 0 Å². The number of Topliss-reactive ketones (excluding diaryl/α,β-unsaturated/α-hetero) is 1. The first-order valence-corrected chi connectivity index (χ1v) is 8.74. The fourth-order valence-corrected chi connectivity index (χ4v) is 2.67. The molecule has 0 radical (unpaired) electrons. The minimum absolute atomic E-state index is 0.121. The van der Waals surface area contributed by atoms with Crippen LogP contribution in [-0.2, 0) is 14.4 Å². The van der Waals surface area contributed by atoms with Gasteiger partial charge in [0.1, 0.15) is 0 Å². The Morgan fingerprint density at radius 2 is 1.56 bits per heavy atom. The molecular weight excluding hydrogens is 350 g/mol. The Balaban J connectivity index is 2.04. The van der Waals surface area contributed by atoms with Crippen LogP contribution < -0.4 is 5.32 Å². The quantitative estimate of drug-likeness (QED) is 0.447. The van der Waals surface area contributed by atoms with E-state index in [1.807, 2.05) is 13.8 Å². The van der Waals surface area contributed by atoms with E-state index in [9.17, 15) is 24.0 Å². The van der Waals surface area contributed by atoms with Gasteiger partial charge in [-0.3, -0.25) is 24.1 Å². The number of urea groups is 1. The summed E-state index contributed by atoms with van der Waals surface area (Å²) in [4.78, 5) is 61.7. The second-order valence-corrected chi connectivity index (χ2v) is 7.09. The summed E-state index contributed by atoms with van der Waals surface area (Å²) >= 11 is 0. The first kappa shape index (κ1) is 20.3. The third-order valence-corrected chi connectivity index (χ3v) is 3.99. The predicted molar refractivity (Wildman–Crippen MR) is 97.9 cm³/mol. The Kier molecular flexibility index (Phi) is 6.09. The van der Waals surface area contributed by atoms with Crippen molar-refractivity contribution in [2.24, 2.45) is 5.92 Å². The second-order valence-electron chi connectivity index (χ2n) is 7.09. The average Bonchev–Trinajstić information content (AvgIpc) is 2.78. The molecule has 1 saturated heterocycles. The number of hydrogen-bond acceptors (Lipinski definition) is 5.